The van der Waals surface area contributed by atoms with Crippen LogP contribution < -0.4 is 10.5 Å². The first kappa shape index (κ1) is 18.6. The second kappa shape index (κ2) is 8.84. The standard InChI is InChI=1S/C14H22N2O5S/c1-3-20-7-8-21-11(2)14(17)16-10-12-5-4-6-13(9-12)22(15,18)19/h4-6,9,11H,3,7-8,10H2,1-2H3,(H,16,17)(H2,15,18,19). The first-order chi connectivity index (χ1) is 10.3. The van der Waals surface area contributed by atoms with E-state index < -0.39 is 16.1 Å². The number of carbonyl (C=O) groups is 1. The first-order valence-corrected chi connectivity index (χ1v) is 8.48. The van der Waals surface area contributed by atoms with Crippen LogP contribution in [0.15, 0.2) is 29.2 Å². The smallest absolute Gasteiger partial charge is 0.249 e. The molecule has 3 N–H and O–H groups in total. The summed E-state index contributed by atoms with van der Waals surface area (Å²) in [5.74, 6) is -0.280. The Morgan fingerprint density at radius 3 is 2.73 bits per heavy atom. The lowest BCUT2D eigenvalue weighted by Crippen LogP contribution is -2.34. The maximum Gasteiger partial charge on any atom is 0.249 e. The maximum absolute atomic E-state index is 11.8. The highest BCUT2D eigenvalue weighted by atomic mass is 32.2. The summed E-state index contributed by atoms with van der Waals surface area (Å²) in [6.07, 6.45) is -0.609. The first-order valence-electron chi connectivity index (χ1n) is 6.93. The summed E-state index contributed by atoms with van der Waals surface area (Å²) in [7, 11) is -3.75. The summed E-state index contributed by atoms with van der Waals surface area (Å²) < 4.78 is 33.0. The molecule has 0 saturated heterocycles. The van der Waals surface area contributed by atoms with E-state index in [4.69, 9.17) is 14.6 Å². The molecule has 7 nitrogen and oxygen atoms in total. The number of rotatable bonds is 9. The van der Waals surface area contributed by atoms with Gasteiger partial charge in [0.2, 0.25) is 15.9 Å². The molecule has 124 valence electrons. The molecule has 0 spiro atoms. The van der Waals surface area contributed by atoms with Crippen LogP contribution in [0.4, 0.5) is 0 Å². The SMILES string of the molecule is CCOCCOC(C)C(=O)NCc1cccc(S(N)(=O)=O)c1. The van der Waals surface area contributed by atoms with Crippen molar-refractivity contribution in [3.8, 4) is 0 Å². The second-order valence-electron chi connectivity index (χ2n) is 4.62. The molecular weight excluding hydrogens is 308 g/mol. The van der Waals surface area contributed by atoms with Crippen LogP contribution in [0.2, 0.25) is 0 Å². The number of hydrogen-bond donors (Lipinski definition) is 2. The Labute approximate surface area is 130 Å². The number of amides is 1. The molecule has 0 aliphatic rings. The van der Waals surface area contributed by atoms with Gasteiger partial charge in [-0.3, -0.25) is 4.79 Å². The molecule has 8 heteroatoms. The molecule has 0 radical (unpaired) electrons. The van der Waals surface area contributed by atoms with Crippen LogP contribution in [-0.2, 0) is 30.8 Å². The van der Waals surface area contributed by atoms with Gasteiger partial charge in [-0.05, 0) is 31.5 Å². The van der Waals surface area contributed by atoms with Gasteiger partial charge < -0.3 is 14.8 Å². The minimum absolute atomic E-state index is 0.0141. The molecule has 1 atom stereocenters. The molecule has 0 aromatic heterocycles. The van der Waals surface area contributed by atoms with Gasteiger partial charge in [0.1, 0.15) is 6.10 Å². The largest absolute Gasteiger partial charge is 0.379 e. The summed E-state index contributed by atoms with van der Waals surface area (Å²) in [5, 5.41) is 7.74. The Bertz CT molecular complexity index is 589. The van der Waals surface area contributed by atoms with Crippen molar-refractivity contribution in [3.05, 3.63) is 29.8 Å². The zero-order valence-corrected chi connectivity index (χ0v) is 13.6. The summed E-state index contributed by atoms with van der Waals surface area (Å²) in [5.41, 5.74) is 0.640. The van der Waals surface area contributed by atoms with E-state index in [0.29, 0.717) is 25.4 Å². The molecule has 0 fully saturated rings. The number of nitrogens with one attached hydrogen (secondary N) is 1. The molecule has 1 amide bonds. The highest BCUT2D eigenvalue weighted by molar-refractivity contribution is 7.89. The van der Waals surface area contributed by atoms with E-state index in [1.165, 1.54) is 12.1 Å². The van der Waals surface area contributed by atoms with E-state index in [-0.39, 0.29) is 17.3 Å². The Hall–Kier alpha value is -1.48. The zero-order valence-electron chi connectivity index (χ0n) is 12.7. The molecule has 0 aliphatic heterocycles. The van der Waals surface area contributed by atoms with Crippen molar-refractivity contribution in [2.45, 2.75) is 31.4 Å². The Balaban J connectivity index is 2.47. The van der Waals surface area contributed by atoms with Crippen LogP contribution in [-0.4, -0.2) is 40.2 Å². The predicted molar refractivity (Wildman–Crippen MR) is 81.6 cm³/mol. The van der Waals surface area contributed by atoms with Crippen LogP contribution in [0.5, 0.6) is 0 Å². The molecule has 1 aromatic carbocycles. The van der Waals surface area contributed by atoms with Gasteiger partial charge in [0.25, 0.3) is 0 Å². The predicted octanol–water partition coefficient (Wildman–Crippen LogP) is 0.392. The average Bonchev–Trinajstić information content (AvgIpc) is 2.48. The van der Waals surface area contributed by atoms with Crippen molar-refractivity contribution in [3.63, 3.8) is 0 Å². The van der Waals surface area contributed by atoms with Crippen LogP contribution in [0.1, 0.15) is 19.4 Å². The van der Waals surface area contributed by atoms with Gasteiger partial charge in [0, 0.05) is 13.2 Å². The number of nitrogens with two attached hydrogens (primary N) is 1. The Morgan fingerprint density at radius 1 is 1.36 bits per heavy atom. The maximum atomic E-state index is 11.8. The van der Waals surface area contributed by atoms with E-state index >= 15 is 0 Å². The van der Waals surface area contributed by atoms with Gasteiger partial charge >= 0.3 is 0 Å². The van der Waals surface area contributed by atoms with Crippen molar-refractivity contribution >= 4 is 15.9 Å². The fourth-order valence-corrected chi connectivity index (χ4v) is 2.25. The lowest BCUT2D eigenvalue weighted by molar-refractivity contribution is -0.132. The third-order valence-electron chi connectivity index (χ3n) is 2.86. The molecule has 0 bridgehead atoms. The van der Waals surface area contributed by atoms with Crippen molar-refractivity contribution in [2.75, 3.05) is 19.8 Å². The van der Waals surface area contributed by atoms with E-state index in [0.717, 1.165) is 0 Å². The molecule has 22 heavy (non-hydrogen) atoms. The molecule has 1 unspecified atom stereocenters. The van der Waals surface area contributed by atoms with Crippen molar-refractivity contribution < 1.29 is 22.7 Å². The van der Waals surface area contributed by atoms with Crippen LogP contribution in [0.3, 0.4) is 0 Å². The minimum Gasteiger partial charge on any atom is -0.379 e. The van der Waals surface area contributed by atoms with Crippen LogP contribution in [0.25, 0.3) is 0 Å². The third-order valence-corrected chi connectivity index (χ3v) is 3.77. The zero-order chi connectivity index (χ0) is 16.6. The molecule has 1 rings (SSSR count). The van der Waals surface area contributed by atoms with E-state index in [2.05, 4.69) is 5.32 Å². The number of sulfonamides is 1. The monoisotopic (exact) mass is 330 g/mol. The number of ether oxygens (including phenoxy) is 2. The van der Waals surface area contributed by atoms with E-state index in [1.54, 1.807) is 19.1 Å². The summed E-state index contributed by atoms with van der Waals surface area (Å²) in [6.45, 7) is 5.09. The van der Waals surface area contributed by atoms with E-state index in [1.807, 2.05) is 6.92 Å². The molecule has 1 aromatic rings. The van der Waals surface area contributed by atoms with Gasteiger partial charge in [0.15, 0.2) is 0 Å². The Morgan fingerprint density at radius 2 is 2.09 bits per heavy atom. The third kappa shape index (κ3) is 6.52. The highest BCUT2D eigenvalue weighted by Gasteiger charge is 2.13. The number of hydrogen-bond acceptors (Lipinski definition) is 5. The van der Waals surface area contributed by atoms with Gasteiger partial charge in [-0.2, -0.15) is 0 Å². The fourth-order valence-electron chi connectivity index (χ4n) is 1.67. The Kier molecular flexibility index (Phi) is 7.46. The van der Waals surface area contributed by atoms with Crippen molar-refractivity contribution in [2.24, 2.45) is 5.14 Å². The molecule has 0 aliphatic carbocycles. The molecular formula is C14H22N2O5S. The van der Waals surface area contributed by atoms with Crippen molar-refractivity contribution in [1.29, 1.82) is 0 Å². The molecule has 0 heterocycles. The molecule has 0 saturated carbocycles. The van der Waals surface area contributed by atoms with E-state index in [9.17, 15) is 13.2 Å². The van der Waals surface area contributed by atoms with Gasteiger partial charge in [0.05, 0.1) is 18.1 Å². The van der Waals surface area contributed by atoms with Gasteiger partial charge in [-0.25, -0.2) is 13.6 Å². The van der Waals surface area contributed by atoms with Crippen LogP contribution in [0, 0.1) is 0 Å². The lowest BCUT2D eigenvalue weighted by Gasteiger charge is -2.13. The normalized spacial score (nSPS) is 12.9. The second-order valence-corrected chi connectivity index (χ2v) is 6.18. The van der Waals surface area contributed by atoms with Gasteiger partial charge in [-0.15, -0.1) is 0 Å². The highest BCUT2D eigenvalue weighted by Crippen LogP contribution is 2.09. The minimum atomic E-state index is -3.75. The summed E-state index contributed by atoms with van der Waals surface area (Å²) >= 11 is 0. The number of carbonyl (C=O) groups excluding carboxylic acids is 1. The summed E-state index contributed by atoms with van der Waals surface area (Å²) in [6, 6.07) is 6.11. The average molecular weight is 330 g/mol. The number of primary sulfonamides is 1. The summed E-state index contributed by atoms with van der Waals surface area (Å²) in [4.78, 5) is 11.9. The quantitative estimate of drug-likeness (QED) is 0.637. The fraction of sp³-hybridized carbons (Fsp3) is 0.500. The lowest BCUT2D eigenvalue weighted by atomic mass is 10.2. The van der Waals surface area contributed by atoms with Crippen LogP contribution >= 0.6 is 0 Å². The van der Waals surface area contributed by atoms with Crippen molar-refractivity contribution in [1.82, 2.24) is 5.32 Å². The van der Waals surface area contributed by atoms with Gasteiger partial charge in [-0.1, -0.05) is 12.1 Å². The topological polar surface area (TPSA) is 108 Å². The number of benzene rings is 1.